The minimum absolute atomic E-state index is 0.0290. The summed E-state index contributed by atoms with van der Waals surface area (Å²) >= 11 is 0. The summed E-state index contributed by atoms with van der Waals surface area (Å²) in [6, 6.07) is 4.08. The molecule has 0 saturated carbocycles. The molecule has 0 unspecified atom stereocenters. The summed E-state index contributed by atoms with van der Waals surface area (Å²) < 4.78 is 0. The molecule has 0 aliphatic heterocycles. The zero-order valence-corrected chi connectivity index (χ0v) is 14.3. The summed E-state index contributed by atoms with van der Waals surface area (Å²) in [7, 11) is 0. The van der Waals surface area contributed by atoms with Crippen LogP contribution < -0.4 is 4.90 Å². The van der Waals surface area contributed by atoms with Gasteiger partial charge in [-0.2, -0.15) is 0 Å². The lowest BCUT2D eigenvalue weighted by atomic mass is 9.98. The molecule has 0 bridgehead atoms. The van der Waals surface area contributed by atoms with Crippen LogP contribution in [-0.4, -0.2) is 23.5 Å². The summed E-state index contributed by atoms with van der Waals surface area (Å²) in [6.07, 6.45) is 1.49. The molecule has 4 heteroatoms. The Balaban J connectivity index is 3.26. The van der Waals surface area contributed by atoms with Gasteiger partial charge in [0.25, 0.3) is 0 Å². The first kappa shape index (κ1) is 18.2. The molecule has 0 heterocycles. The predicted molar refractivity (Wildman–Crippen MR) is 89.3 cm³/mol. The van der Waals surface area contributed by atoms with Crippen LogP contribution >= 0.6 is 0 Å². The molecular formula is C18H27NO3. The monoisotopic (exact) mass is 305 g/mol. The second-order valence-electron chi connectivity index (χ2n) is 5.89. The molecule has 4 nitrogen and oxygen atoms in total. The molecule has 0 aliphatic carbocycles. The zero-order chi connectivity index (χ0) is 16.9. The highest BCUT2D eigenvalue weighted by Crippen LogP contribution is 2.29. The molecule has 0 radical (unpaired) electrons. The van der Waals surface area contributed by atoms with Crippen molar-refractivity contribution >= 4 is 17.6 Å². The molecule has 1 N–H and O–H groups in total. The quantitative estimate of drug-likeness (QED) is 0.832. The van der Waals surface area contributed by atoms with Gasteiger partial charge in [0, 0.05) is 18.2 Å². The van der Waals surface area contributed by atoms with E-state index in [1.807, 2.05) is 46.8 Å². The highest BCUT2D eigenvalue weighted by molar-refractivity contribution is 5.97. The highest BCUT2D eigenvalue weighted by Gasteiger charge is 2.25. The van der Waals surface area contributed by atoms with Crippen LogP contribution in [0.2, 0.25) is 0 Å². The molecule has 122 valence electrons. The van der Waals surface area contributed by atoms with Gasteiger partial charge in [-0.05, 0) is 44.7 Å². The summed E-state index contributed by atoms with van der Waals surface area (Å²) in [6.45, 7) is 10.2. The van der Waals surface area contributed by atoms with Crippen LogP contribution in [0.3, 0.4) is 0 Å². The van der Waals surface area contributed by atoms with Crippen LogP contribution in [0.25, 0.3) is 0 Å². The van der Waals surface area contributed by atoms with E-state index in [1.165, 1.54) is 0 Å². The molecular weight excluding hydrogens is 278 g/mol. The Kier molecular flexibility index (Phi) is 6.60. The first-order valence-electron chi connectivity index (χ1n) is 7.92. The van der Waals surface area contributed by atoms with Crippen molar-refractivity contribution < 1.29 is 14.7 Å². The number of anilines is 1. The molecule has 0 spiro atoms. The molecule has 0 atom stereocenters. The number of hydrogen-bond donors (Lipinski definition) is 1. The maximum absolute atomic E-state index is 12.8. The molecule has 0 fully saturated rings. The van der Waals surface area contributed by atoms with Gasteiger partial charge in [-0.1, -0.05) is 31.5 Å². The van der Waals surface area contributed by atoms with E-state index >= 15 is 0 Å². The van der Waals surface area contributed by atoms with Crippen LogP contribution in [0.4, 0.5) is 5.69 Å². The van der Waals surface area contributed by atoms with E-state index in [0.717, 1.165) is 35.2 Å². The van der Waals surface area contributed by atoms with Crippen molar-refractivity contribution in [1.82, 2.24) is 0 Å². The van der Waals surface area contributed by atoms with E-state index in [1.54, 1.807) is 4.90 Å². The number of rotatable bonds is 7. The van der Waals surface area contributed by atoms with Crippen molar-refractivity contribution in [2.24, 2.45) is 5.92 Å². The van der Waals surface area contributed by atoms with E-state index in [-0.39, 0.29) is 24.8 Å². The molecule has 1 aromatic rings. The Bertz CT molecular complexity index is 524. The summed E-state index contributed by atoms with van der Waals surface area (Å²) in [5.41, 5.74) is 4.04. The number of carboxylic acid groups (broad SMARTS) is 1. The van der Waals surface area contributed by atoms with E-state index in [4.69, 9.17) is 5.11 Å². The first-order valence-corrected chi connectivity index (χ1v) is 7.92. The van der Waals surface area contributed by atoms with E-state index in [2.05, 4.69) is 0 Å². The lowest BCUT2D eigenvalue weighted by molar-refractivity contribution is -0.136. The van der Waals surface area contributed by atoms with Crippen LogP contribution in [0.5, 0.6) is 0 Å². The Labute approximate surface area is 133 Å². The maximum atomic E-state index is 12.8. The molecule has 1 rings (SSSR count). The third kappa shape index (κ3) is 4.33. The maximum Gasteiger partial charge on any atom is 0.305 e. The van der Waals surface area contributed by atoms with E-state index in [0.29, 0.717) is 0 Å². The standard InChI is InChI=1S/C18H27NO3/c1-6-15(7-2)18(22)19(9-8-16(20)21)17-13(4)10-12(3)11-14(17)5/h10-11,15H,6-9H2,1-5H3,(H,20,21). The van der Waals surface area contributed by atoms with Gasteiger partial charge in [0.05, 0.1) is 6.42 Å². The summed E-state index contributed by atoms with van der Waals surface area (Å²) in [5, 5.41) is 8.99. The number of amides is 1. The van der Waals surface area contributed by atoms with Crippen molar-refractivity contribution in [2.75, 3.05) is 11.4 Å². The number of nitrogens with zero attached hydrogens (tertiary/aromatic N) is 1. The van der Waals surface area contributed by atoms with Gasteiger partial charge in [-0.3, -0.25) is 9.59 Å². The van der Waals surface area contributed by atoms with E-state index < -0.39 is 5.97 Å². The van der Waals surface area contributed by atoms with Crippen molar-refractivity contribution in [3.63, 3.8) is 0 Å². The molecule has 0 aromatic heterocycles. The number of carbonyl (C=O) groups excluding carboxylic acids is 1. The van der Waals surface area contributed by atoms with Gasteiger partial charge < -0.3 is 10.0 Å². The van der Waals surface area contributed by atoms with Crippen molar-refractivity contribution in [3.05, 3.63) is 28.8 Å². The van der Waals surface area contributed by atoms with Crippen LogP contribution in [0.1, 0.15) is 49.8 Å². The van der Waals surface area contributed by atoms with Crippen molar-refractivity contribution in [1.29, 1.82) is 0 Å². The van der Waals surface area contributed by atoms with E-state index in [9.17, 15) is 9.59 Å². The van der Waals surface area contributed by atoms with Gasteiger partial charge in [0.1, 0.15) is 0 Å². The van der Waals surface area contributed by atoms with Crippen LogP contribution in [-0.2, 0) is 9.59 Å². The normalized spacial score (nSPS) is 10.8. The number of carboxylic acids is 1. The SMILES string of the molecule is CCC(CC)C(=O)N(CCC(=O)O)c1c(C)cc(C)cc1C. The summed E-state index contributed by atoms with van der Waals surface area (Å²) in [5.74, 6) is -0.917. The number of benzene rings is 1. The number of aryl methyl sites for hydroxylation is 3. The van der Waals surface area contributed by atoms with Crippen LogP contribution in [0, 0.1) is 26.7 Å². The second kappa shape index (κ2) is 7.97. The van der Waals surface area contributed by atoms with Gasteiger partial charge in [-0.15, -0.1) is 0 Å². The fourth-order valence-corrected chi connectivity index (χ4v) is 3.00. The van der Waals surface area contributed by atoms with Gasteiger partial charge >= 0.3 is 5.97 Å². The average Bonchev–Trinajstić information content (AvgIpc) is 2.42. The largest absolute Gasteiger partial charge is 0.481 e. The Hall–Kier alpha value is -1.84. The fourth-order valence-electron chi connectivity index (χ4n) is 3.00. The molecule has 1 aromatic carbocycles. The predicted octanol–water partition coefficient (Wildman–Crippen LogP) is 3.86. The number of aliphatic carboxylic acids is 1. The Morgan fingerprint density at radius 1 is 1.09 bits per heavy atom. The van der Waals surface area contributed by atoms with Gasteiger partial charge in [0.2, 0.25) is 5.91 Å². The zero-order valence-electron chi connectivity index (χ0n) is 14.3. The average molecular weight is 305 g/mol. The van der Waals surface area contributed by atoms with Crippen molar-refractivity contribution in [3.8, 4) is 0 Å². The highest BCUT2D eigenvalue weighted by atomic mass is 16.4. The summed E-state index contributed by atoms with van der Waals surface area (Å²) in [4.78, 5) is 25.5. The minimum Gasteiger partial charge on any atom is -0.481 e. The number of hydrogen-bond acceptors (Lipinski definition) is 2. The van der Waals surface area contributed by atoms with Crippen LogP contribution in [0.15, 0.2) is 12.1 Å². The Morgan fingerprint density at radius 2 is 1.59 bits per heavy atom. The third-order valence-corrected chi connectivity index (χ3v) is 4.06. The number of carbonyl (C=O) groups is 2. The molecule has 0 aliphatic rings. The fraction of sp³-hybridized carbons (Fsp3) is 0.556. The topological polar surface area (TPSA) is 57.6 Å². The van der Waals surface area contributed by atoms with Gasteiger partial charge in [0.15, 0.2) is 0 Å². The Morgan fingerprint density at radius 3 is 2.00 bits per heavy atom. The first-order chi connectivity index (χ1) is 10.3. The second-order valence-corrected chi connectivity index (χ2v) is 5.89. The van der Waals surface area contributed by atoms with Crippen molar-refractivity contribution in [2.45, 2.75) is 53.9 Å². The molecule has 22 heavy (non-hydrogen) atoms. The third-order valence-electron chi connectivity index (χ3n) is 4.06. The molecule has 1 amide bonds. The lowest BCUT2D eigenvalue weighted by Gasteiger charge is -2.29. The molecule has 0 saturated heterocycles. The minimum atomic E-state index is -0.884. The lowest BCUT2D eigenvalue weighted by Crippen LogP contribution is -2.38. The van der Waals surface area contributed by atoms with Gasteiger partial charge in [-0.25, -0.2) is 0 Å². The smallest absolute Gasteiger partial charge is 0.305 e.